The molecule has 0 spiro atoms. The fourth-order valence-electron chi connectivity index (χ4n) is 6.12. The number of carbonyl (C=O) groups excluding carboxylic acids is 2. The zero-order chi connectivity index (χ0) is 25.2. The van der Waals surface area contributed by atoms with Crippen molar-refractivity contribution in [2.24, 2.45) is 0 Å². The highest BCUT2D eigenvalue weighted by Crippen LogP contribution is 2.34. The fraction of sp³-hybridized carbons (Fsp3) is 0.714. The number of aryl methyl sites for hydroxylation is 1. The second-order valence-electron chi connectivity index (χ2n) is 10.9. The highest BCUT2D eigenvalue weighted by atomic mass is 16.3. The molecule has 1 saturated carbocycles. The largest absolute Gasteiger partial charge is 0.460 e. The van der Waals surface area contributed by atoms with Gasteiger partial charge in [-0.25, -0.2) is 0 Å². The zero-order valence-corrected chi connectivity index (χ0v) is 22.4. The molecule has 0 aromatic carbocycles. The van der Waals surface area contributed by atoms with Crippen LogP contribution in [0.1, 0.15) is 95.3 Å². The number of furan rings is 1. The number of hydrogen-bond acceptors (Lipinski definition) is 4. The van der Waals surface area contributed by atoms with E-state index in [4.69, 9.17) is 4.42 Å². The fourth-order valence-corrected chi connectivity index (χ4v) is 6.12. The lowest BCUT2D eigenvalue weighted by molar-refractivity contribution is -0.133. The van der Waals surface area contributed by atoms with Crippen molar-refractivity contribution in [2.45, 2.75) is 110 Å². The third kappa shape index (κ3) is 5.16. The molecule has 2 amide bonds. The van der Waals surface area contributed by atoms with Gasteiger partial charge in [0.1, 0.15) is 17.0 Å². The SMILES string of the molecule is CCCC(C)N(CC)CCCN1C(=O)c2cc3oc(C)cc3n2CC1(C)C(=O)NC1CCCCC1. The van der Waals surface area contributed by atoms with Crippen molar-refractivity contribution < 1.29 is 14.0 Å². The number of nitrogens with one attached hydrogen (secondary N) is 1. The molecule has 3 heterocycles. The van der Waals surface area contributed by atoms with Crippen LogP contribution in [0.3, 0.4) is 0 Å². The maximum absolute atomic E-state index is 13.8. The van der Waals surface area contributed by atoms with Gasteiger partial charge in [-0.15, -0.1) is 0 Å². The number of rotatable bonds is 10. The minimum Gasteiger partial charge on any atom is -0.460 e. The van der Waals surface area contributed by atoms with Crippen LogP contribution in [0.2, 0.25) is 0 Å². The van der Waals surface area contributed by atoms with E-state index in [0.717, 1.165) is 56.5 Å². The number of nitrogens with zero attached hydrogens (tertiary/aromatic N) is 3. The van der Waals surface area contributed by atoms with E-state index in [-0.39, 0.29) is 17.9 Å². The Kier molecular flexibility index (Phi) is 7.94. The third-order valence-corrected chi connectivity index (χ3v) is 8.23. The first-order chi connectivity index (χ1) is 16.8. The molecule has 2 unspecified atom stereocenters. The summed E-state index contributed by atoms with van der Waals surface area (Å²) in [6.07, 6.45) is 8.78. The normalized spacial score (nSPS) is 22.1. The van der Waals surface area contributed by atoms with E-state index < -0.39 is 5.54 Å². The molecule has 2 atom stereocenters. The van der Waals surface area contributed by atoms with Gasteiger partial charge >= 0.3 is 0 Å². The van der Waals surface area contributed by atoms with Crippen LogP contribution in [-0.2, 0) is 11.3 Å². The molecular weight excluding hydrogens is 440 g/mol. The summed E-state index contributed by atoms with van der Waals surface area (Å²) in [6.45, 7) is 13.5. The number of aromatic nitrogens is 1. The van der Waals surface area contributed by atoms with E-state index in [1.807, 2.05) is 35.4 Å². The molecule has 7 nitrogen and oxygen atoms in total. The van der Waals surface area contributed by atoms with E-state index in [9.17, 15) is 9.59 Å². The predicted molar refractivity (Wildman–Crippen MR) is 140 cm³/mol. The summed E-state index contributed by atoms with van der Waals surface area (Å²) >= 11 is 0. The summed E-state index contributed by atoms with van der Waals surface area (Å²) < 4.78 is 7.82. The summed E-state index contributed by atoms with van der Waals surface area (Å²) in [5.41, 5.74) is 1.29. The molecule has 1 fully saturated rings. The van der Waals surface area contributed by atoms with Gasteiger partial charge in [0, 0.05) is 37.3 Å². The molecule has 0 saturated heterocycles. The van der Waals surface area contributed by atoms with Crippen LogP contribution < -0.4 is 5.32 Å². The Morgan fingerprint density at radius 3 is 2.69 bits per heavy atom. The van der Waals surface area contributed by atoms with Crippen molar-refractivity contribution in [1.29, 1.82) is 0 Å². The van der Waals surface area contributed by atoms with Crippen molar-refractivity contribution in [3.05, 3.63) is 23.6 Å². The second-order valence-corrected chi connectivity index (χ2v) is 10.9. The van der Waals surface area contributed by atoms with Gasteiger partial charge in [0.05, 0.1) is 12.1 Å². The van der Waals surface area contributed by atoms with Crippen molar-refractivity contribution in [1.82, 2.24) is 19.7 Å². The Balaban J connectivity index is 1.58. The quantitative estimate of drug-likeness (QED) is 0.509. The van der Waals surface area contributed by atoms with E-state index in [1.54, 1.807) is 0 Å². The van der Waals surface area contributed by atoms with Gasteiger partial charge in [-0.3, -0.25) is 9.59 Å². The molecule has 2 aliphatic rings. The number of fused-ring (bicyclic) bond motifs is 3. The second kappa shape index (κ2) is 10.8. The van der Waals surface area contributed by atoms with Crippen molar-refractivity contribution in [3.63, 3.8) is 0 Å². The van der Waals surface area contributed by atoms with Crippen molar-refractivity contribution in [3.8, 4) is 0 Å². The van der Waals surface area contributed by atoms with E-state index in [0.29, 0.717) is 30.4 Å². The van der Waals surface area contributed by atoms with Crippen LogP contribution in [0.4, 0.5) is 0 Å². The molecule has 7 heteroatoms. The first-order valence-corrected chi connectivity index (χ1v) is 13.7. The minimum atomic E-state index is -0.940. The Morgan fingerprint density at radius 2 is 2.00 bits per heavy atom. The Labute approximate surface area is 210 Å². The number of hydrogen-bond donors (Lipinski definition) is 1. The molecule has 1 aliphatic carbocycles. The Bertz CT molecular complexity index is 1030. The molecular formula is C28H44N4O3. The molecule has 2 aromatic heterocycles. The maximum Gasteiger partial charge on any atom is 0.271 e. The summed E-state index contributed by atoms with van der Waals surface area (Å²) in [6, 6.07) is 4.54. The summed E-state index contributed by atoms with van der Waals surface area (Å²) in [5.74, 6) is 0.706. The van der Waals surface area contributed by atoms with Gasteiger partial charge in [-0.2, -0.15) is 0 Å². The van der Waals surface area contributed by atoms with Crippen molar-refractivity contribution in [2.75, 3.05) is 19.6 Å². The molecule has 1 aliphatic heterocycles. The zero-order valence-electron chi connectivity index (χ0n) is 22.4. The van der Waals surface area contributed by atoms with Crippen LogP contribution in [0.25, 0.3) is 11.1 Å². The first-order valence-electron chi connectivity index (χ1n) is 13.7. The smallest absolute Gasteiger partial charge is 0.271 e. The van der Waals surface area contributed by atoms with E-state index >= 15 is 0 Å². The van der Waals surface area contributed by atoms with Crippen LogP contribution >= 0.6 is 0 Å². The lowest BCUT2D eigenvalue weighted by atomic mass is 9.91. The van der Waals surface area contributed by atoms with Crippen molar-refractivity contribution >= 4 is 22.9 Å². The summed E-state index contributed by atoms with van der Waals surface area (Å²) in [5, 5.41) is 3.32. The average molecular weight is 485 g/mol. The van der Waals surface area contributed by atoms with Crippen LogP contribution in [0.5, 0.6) is 0 Å². The Hall–Kier alpha value is -2.28. The highest BCUT2D eigenvalue weighted by Gasteiger charge is 2.48. The molecule has 2 aromatic rings. The molecule has 0 bridgehead atoms. The maximum atomic E-state index is 13.8. The summed E-state index contributed by atoms with van der Waals surface area (Å²) in [7, 11) is 0. The lowest BCUT2D eigenvalue weighted by Gasteiger charge is -2.45. The van der Waals surface area contributed by atoms with Crippen LogP contribution in [0.15, 0.2) is 16.5 Å². The predicted octanol–water partition coefficient (Wildman–Crippen LogP) is 5.11. The van der Waals surface area contributed by atoms with Gasteiger partial charge in [0.25, 0.3) is 5.91 Å². The average Bonchev–Trinajstić information content (AvgIpc) is 3.36. The minimum absolute atomic E-state index is 0.0304. The van der Waals surface area contributed by atoms with Gasteiger partial charge in [-0.05, 0) is 53.0 Å². The summed E-state index contributed by atoms with van der Waals surface area (Å²) in [4.78, 5) is 32.0. The molecule has 194 valence electrons. The topological polar surface area (TPSA) is 70.7 Å². The van der Waals surface area contributed by atoms with Gasteiger partial charge < -0.3 is 24.1 Å². The monoisotopic (exact) mass is 484 g/mol. The number of carbonyl (C=O) groups is 2. The number of amides is 2. The molecule has 35 heavy (non-hydrogen) atoms. The third-order valence-electron chi connectivity index (χ3n) is 8.23. The Morgan fingerprint density at radius 1 is 1.26 bits per heavy atom. The van der Waals surface area contributed by atoms with Crippen LogP contribution in [-0.4, -0.2) is 63.4 Å². The van der Waals surface area contributed by atoms with E-state index in [1.165, 1.54) is 19.3 Å². The molecule has 1 N–H and O–H groups in total. The van der Waals surface area contributed by atoms with Crippen LogP contribution in [0, 0.1) is 6.92 Å². The van der Waals surface area contributed by atoms with E-state index in [2.05, 4.69) is 31.0 Å². The molecule has 4 rings (SSSR count). The first kappa shape index (κ1) is 25.8. The highest BCUT2D eigenvalue weighted by molar-refractivity contribution is 6.03. The van der Waals surface area contributed by atoms with Gasteiger partial charge in [0.2, 0.25) is 5.91 Å². The lowest BCUT2D eigenvalue weighted by Crippen LogP contribution is -2.65. The van der Waals surface area contributed by atoms with Gasteiger partial charge in [0.15, 0.2) is 5.58 Å². The standard InChI is InChI=1S/C28H44N4O3/c1-6-12-20(3)30(7-2)15-11-16-32-26(33)24-18-25-23(17-21(4)35-25)31(24)19-28(32,5)27(34)29-22-13-9-8-10-14-22/h17-18,20,22H,6-16,19H2,1-5H3,(H,29,34). The molecule has 0 radical (unpaired) electrons. The van der Waals surface area contributed by atoms with Gasteiger partial charge in [-0.1, -0.05) is 39.5 Å².